The average Bonchev–Trinajstić information content (AvgIpc) is 2.86. The molecule has 0 saturated carbocycles. The number of nitrogens with zero attached hydrogens (tertiary/aromatic N) is 1. The predicted molar refractivity (Wildman–Crippen MR) is 82.9 cm³/mol. The summed E-state index contributed by atoms with van der Waals surface area (Å²) in [6, 6.07) is 6.88. The molecule has 2 rings (SSSR count). The van der Waals surface area contributed by atoms with E-state index in [2.05, 4.69) is 42.3 Å². The number of benzene rings is 1. The maximum Gasteiger partial charge on any atom is 0.223 e. The molecule has 3 nitrogen and oxygen atoms in total. The first-order valence-corrected chi connectivity index (χ1v) is 7.62. The van der Waals surface area contributed by atoms with E-state index in [1.165, 1.54) is 16.7 Å². The first kappa shape index (κ1) is 15.0. The second-order valence-corrected chi connectivity index (χ2v) is 5.87. The molecule has 1 fully saturated rings. The van der Waals surface area contributed by atoms with Crippen LogP contribution in [-0.2, 0) is 11.2 Å². The molecule has 1 atom stereocenters. The number of likely N-dealkylation sites (tertiary alicyclic amines) is 1. The lowest BCUT2D eigenvalue weighted by atomic mass is 10.0. The van der Waals surface area contributed by atoms with Crippen LogP contribution in [0.15, 0.2) is 18.2 Å². The van der Waals surface area contributed by atoms with E-state index in [-0.39, 0.29) is 0 Å². The molecule has 0 radical (unpaired) electrons. The van der Waals surface area contributed by atoms with Gasteiger partial charge in [-0.15, -0.1) is 0 Å². The van der Waals surface area contributed by atoms with Crippen molar-refractivity contribution < 1.29 is 4.79 Å². The topological polar surface area (TPSA) is 32.3 Å². The van der Waals surface area contributed by atoms with Crippen molar-refractivity contribution in [2.24, 2.45) is 0 Å². The van der Waals surface area contributed by atoms with Crippen molar-refractivity contribution in [1.29, 1.82) is 0 Å². The summed E-state index contributed by atoms with van der Waals surface area (Å²) in [5.74, 6) is 0.308. The van der Waals surface area contributed by atoms with Crippen LogP contribution in [0.3, 0.4) is 0 Å². The molecule has 1 aliphatic rings. The smallest absolute Gasteiger partial charge is 0.223 e. The van der Waals surface area contributed by atoms with E-state index in [0.29, 0.717) is 18.4 Å². The minimum absolute atomic E-state index is 0.308. The highest BCUT2D eigenvalue weighted by atomic mass is 16.2. The number of carbonyl (C=O) groups is 1. The average molecular weight is 274 g/mol. The first-order chi connectivity index (χ1) is 9.61. The summed E-state index contributed by atoms with van der Waals surface area (Å²) in [5, 5.41) is 3.19. The third-order valence-electron chi connectivity index (χ3n) is 4.24. The number of likely N-dealkylation sites (N-methyl/N-ethyl adjacent to an activating group) is 1. The Bertz CT molecular complexity index is 470. The minimum atomic E-state index is 0.308. The molecular formula is C17H26N2O. The van der Waals surface area contributed by atoms with Crippen molar-refractivity contribution in [2.45, 2.75) is 45.6 Å². The van der Waals surface area contributed by atoms with Crippen LogP contribution in [-0.4, -0.2) is 37.0 Å². The summed E-state index contributed by atoms with van der Waals surface area (Å²) in [4.78, 5) is 14.4. The number of hydrogen-bond acceptors (Lipinski definition) is 2. The van der Waals surface area contributed by atoms with Crippen molar-refractivity contribution in [3.63, 3.8) is 0 Å². The van der Waals surface area contributed by atoms with Crippen LogP contribution in [0.4, 0.5) is 0 Å². The number of amides is 1. The van der Waals surface area contributed by atoms with E-state index < -0.39 is 0 Å². The monoisotopic (exact) mass is 274 g/mol. The van der Waals surface area contributed by atoms with Crippen molar-refractivity contribution in [2.75, 3.05) is 20.1 Å². The zero-order chi connectivity index (χ0) is 14.5. The van der Waals surface area contributed by atoms with Crippen molar-refractivity contribution in [3.8, 4) is 0 Å². The molecule has 1 amide bonds. The molecule has 0 aromatic heterocycles. The molecule has 110 valence electrons. The van der Waals surface area contributed by atoms with E-state index in [4.69, 9.17) is 0 Å². The maximum atomic E-state index is 12.4. The summed E-state index contributed by atoms with van der Waals surface area (Å²) >= 11 is 0. The van der Waals surface area contributed by atoms with Gasteiger partial charge in [0.1, 0.15) is 0 Å². The first-order valence-electron chi connectivity index (χ1n) is 7.62. The lowest BCUT2D eigenvalue weighted by Crippen LogP contribution is -2.40. The van der Waals surface area contributed by atoms with Crippen LogP contribution >= 0.6 is 0 Å². The summed E-state index contributed by atoms with van der Waals surface area (Å²) in [7, 11) is 1.95. The van der Waals surface area contributed by atoms with Gasteiger partial charge in [-0.25, -0.2) is 0 Å². The number of nitrogens with one attached hydrogen (secondary N) is 1. The minimum Gasteiger partial charge on any atom is -0.338 e. The Kier molecular flexibility index (Phi) is 5.18. The highest BCUT2D eigenvalue weighted by Gasteiger charge is 2.27. The standard InChI is InChI=1S/C17H26N2O/c1-13-6-7-15(14(2)11-13)8-9-17(20)19-10-4-5-16(19)12-18-3/h6-7,11,16,18H,4-5,8-10,12H2,1-3H3/t16-/m0/s1. The molecule has 1 aromatic carbocycles. The second-order valence-electron chi connectivity index (χ2n) is 5.87. The summed E-state index contributed by atoms with van der Waals surface area (Å²) in [6.45, 7) is 6.08. The fourth-order valence-corrected chi connectivity index (χ4v) is 3.12. The molecule has 3 heteroatoms. The lowest BCUT2D eigenvalue weighted by Gasteiger charge is -2.24. The number of aryl methyl sites for hydroxylation is 3. The third kappa shape index (κ3) is 3.60. The van der Waals surface area contributed by atoms with Gasteiger partial charge in [0, 0.05) is 25.6 Å². The van der Waals surface area contributed by atoms with Gasteiger partial charge >= 0.3 is 0 Å². The summed E-state index contributed by atoms with van der Waals surface area (Å²) in [5.41, 5.74) is 3.88. The zero-order valence-corrected chi connectivity index (χ0v) is 12.9. The van der Waals surface area contributed by atoms with Gasteiger partial charge in [0.15, 0.2) is 0 Å². The number of rotatable bonds is 5. The van der Waals surface area contributed by atoms with Crippen LogP contribution in [0.25, 0.3) is 0 Å². The van der Waals surface area contributed by atoms with Gasteiger partial charge < -0.3 is 10.2 Å². The Labute approximate surface area is 122 Å². The molecule has 0 bridgehead atoms. The van der Waals surface area contributed by atoms with Crippen LogP contribution in [0, 0.1) is 13.8 Å². The number of hydrogen-bond donors (Lipinski definition) is 1. The van der Waals surface area contributed by atoms with Gasteiger partial charge in [0.05, 0.1) is 0 Å². The normalized spacial score (nSPS) is 18.6. The third-order valence-corrected chi connectivity index (χ3v) is 4.24. The largest absolute Gasteiger partial charge is 0.338 e. The summed E-state index contributed by atoms with van der Waals surface area (Å²) in [6.07, 6.45) is 3.76. The Morgan fingerprint density at radius 3 is 2.90 bits per heavy atom. The molecule has 0 unspecified atom stereocenters. The molecular weight excluding hydrogens is 248 g/mol. The molecule has 1 aromatic rings. The Hall–Kier alpha value is -1.35. The Morgan fingerprint density at radius 2 is 2.20 bits per heavy atom. The molecule has 20 heavy (non-hydrogen) atoms. The SMILES string of the molecule is CNC[C@@H]1CCCN1C(=O)CCc1ccc(C)cc1C. The molecule has 1 N–H and O–H groups in total. The maximum absolute atomic E-state index is 12.4. The van der Waals surface area contributed by atoms with Gasteiger partial charge in [0.2, 0.25) is 5.91 Å². The molecule has 1 aliphatic heterocycles. The second kappa shape index (κ2) is 6.89. The Balaban J connectivity index is 1.91. The molecule has 1 saturated heterocycles. The van der Waals surface area contributed by atoms with Gasteiger partial charge in [-0.05, 0) is 51.3 Å². The molecule has 1 heterocycles. The van der Waals surface area contributed by atoms with E-state index >= 15 is 0 Å². The highest BCUT2D eigenvalue weighted by Crippen LogP contribution is 2.19. The molecule has 0 spiro atoms. The van der Waals surface area contributed by atoms with Gasteiger partial charge in [-0.3, -0.25) is 4.79 Å². The highest BCUT2D eigenvalue weighted by molar-refractivity contribution is 5.77. The van der Waals surface area contributed by atoms with Crippen LogP contribution in [0.5, 0.6) is 0 Å². The zero-order valence-electron chi connectivity index (χ0n) is 12.9. The van der Waals surface area contributed by atoms with Crippen molar-refractivity contribution >= 4 is 5.91 Å². The number of carbonyl (C=O) groups excluding carboxylic acids is 1. The van der Waals surface area contributed by atoms with Gasteiger partial charge in [-0.1, -0.05) is 23.8 Å². The van der Waals surface area contributed by atoms with Gasteiger partial charge in [-0.2, -0.15) is 0 Å². The van der Waals surface area contributed by atoms with Crippen LogP contribution in [0.1, 0.15) is 36.0 Å². The molecule has 0 aliphatic carbocycles. The van der Waals surface area contributed by atoms with Crippen LogP contribution in [0.2, 0.25) is 0 Å². The van der Waals surface area contributed by atoms with E-state index in [1.54, 1.807) is 0 Å². The predicted octanol–water partition coefficient (Wildman–Crippen LogP) is 2.45. The van der Waals surface area contributed by atoms with Crippen molar-refractivity contribution in [1.82, 2.24) is 10.2 Å². The van der Waals surface area contributed by atoms with Crippen molar-refractivity contribution in [3.05, 3.63) is 34.9 Å². The van der Waals surface area contributed by atoms with E-state index in [1.807, 2.05) is 7.05 Å². The summed E-state index contributed by atoms with van der Waals surface area (Å²) < 4.78 is 0. The van der Waals surface area contributed by atoms with Crippen LogP contribution < -0.4 is 5.32 Å². The lowest BCUT2D eigenvalue weighted by molar-refractivity contribution is -0.131. The fourth-order valence-electron chi connectivity index (χ4n) is 3.12. The van der Waals surface area contributed by atoms with E-state index in [0.717, 1.165) is 32.4 Å². The Morgan fingerprint density at radius 1 is 1.40 bits per heavy atom. The fraction of sp³-hybridized carbons (Fsp3) is 0.588. The quantitative estimate of drug-likeness (QED) is 0.894. The van der Waals surface area contributed by atoms with Gasteiger partial charge in [0.25, 0.3) is 0 Å². The van der Waals surface area contributed by atoms with E-state index in [9.17, 15) is 4.79 Å².